The maximum Gasteiger partial charge on any atom is 0.244 e. The minimum absolute atomic E-state index is 0.233. The lowest BCUT2D eigenvalue weighted by molar-refractivity contribution is 0.204. The molecule has 3 rings (SSSR count). The molecule has 130 valence electrons. The molecule has 6 nitrogen and oxygen atoms in total. The third-order valence-corrected chi connectivity index (χ3v) is 5.79. The van der Waals surface area contributed by atoms with Crippen molar-refractivity contribution in [3.05, 3.63) is 36.5 Å². The molecule has 1 heterocycles. The first kappa shape index (κ1) is 17.1. The van der Waals surface area contributed by atoms with Crippen molar-refractivity contribution in [1.29, 1.82) is 0 Å². The van der Waals surface area contributed by atoms with Gasteiger partial charge in [-0.2, -0.15) is 5.10 Å². The van der Waals surface area contributed by atoms with Gasteiger partial charge in [-0.05, 0) is 12.8 Å². The lowest BCUT2D eigenvalue weighted by Gasteiger charge is -2.08. The van der Waals surface area contributed by atoms with Crippen molar-refractivity contribution in [2.75, 3.05) is 20.3 Å². The second-order valence-corrected chi connectivity index (χ2v) is 7.75. The molecule has 0 aliphatic heterocycles. The molecule has 1 N–H and O–H groups in total. The number of nitrogens with one attached hydrogen (secondary N) is 1. The van der Waals surface area contributed by atoms with E-state index >= 15 is 0 Å². The summed E-state index contributed by atoms with van der Waals surface area (Å²) in [5.41, 5.74) is 1.31. The second-order valence-electron chi connectivity index (χ2n) is 6.02. The average molecular weight is 349 g/mol. The van der Waals surface area contributed by atoms with Gasteiger partial charge in [-0.3, -0.25) is 4.68 Å². The molecular weight excluding hydrogens is 326 g/mol. The molecule has 0 bridgehead atoms. The Balaban J connectivity index is 1.99. The maximum atomic E-state index is 12.7. The van der Waals surface area contributed by atoms with E-state index in [0.717, 1.165) is 18.4 Å². The van der Waals surface area contributed by atoms with Gasteiger partial charge in [0, 0.05) is 25.4 Å². The summed E-state index contributed by atoms with van der Waals surface area (Å²) in [6.07, 6.45) is 6.10. The third-order valence-electron chi connectivity index (χ3n) is 4.33. The van der Waals surface area contributed by atoms with E-state index < -0.39 is 10.0 Å². The standard InChI is InChI=1S/C17H23N3O3S/c1-23-12-11-18-24(21,22)16-13-20(15-9-5-6-10-15)19-17(16)14-7-3-2-4-8-14/h2-4,7-8,13,15,18H,5-6,9-12H2,1H3. The second kappa shape index (κ2) is 7.46. The van der Waals surface area contributed by atoms with Gasteiger partial charge in [0.2, 0.25) is 10.0 Å². The van der Waals surface area contributed by atoms with Gasteiger partial charge < -0.3 is 4.74 Å². The summed E-state index contributed by atoms with van der Waals surface area (Å²) in [7, 11) is -2.09. The molecule has 2 aromatic rings. The van der Waals surface area contributed by atoms with Gasteiger partial charge in [0.1, 0.15) is 10.6 Å². The van der Waals surface area contributed by atoms with Crippen LogP contribution in [0.2, 0.25) is 0 Å². The van der Waals surface area contributed by atoms with Crippen LogP contribution >= 0.6 is 0 Å². The van der Waals surface area contributed by atoms with Crippen LogP contribution in [0.4, 0.5) is 0 Å². The van der Waals surface area contributed by atoms with Crippen molar-refractivity contribution in [3.63, 3.8) is 0 Å². The monoisotopic (exact) mass is 349 g/mol. The quantitative estimate of drug-likeness (QED) is 0.780. The van der Waals surface area contributed by atoms with Gasteiger partial charge in [0.25, 0.3) is 0 Å². The number of methoxy groups -OCH3 is 1. The molecule has 1 fully saturated rings. The average Bonchev–Trinajstić information content (AvgIpc) is 3.25. The van der Waals surface area contributed by atoms with Crippen molar-refractivity contribution in [2.24, 2.45) is 0 Å². The SMILES string of the molecule is COCCNS(=O)(=O)c1cn(C2CCCC2)nc1-c1ccccc1. The first-order valence-corrected chi connectivity index (χ1v) is 9.73. The smallest absolute Gasteiger partial charge is 0.244 e. The van der Waals surface area contributed by atoms with Crippen LogP contribution in [0.3, 0.4) is 0 Å². The van der Waals surface area contributed by atoms with Gasteiger partial charge in [-0.25, -0.2) is 13.1 Å². The molecule has 0 atom stereocenters. The van der Waals surface area contributed by atoms with Gasteiger partial charge >= 0.3 is 0 Å². The topological polar surface area (TPSA) is 73.2 Å². The minimum atomic E-state index is -3.63. The summed E-state index contributed by atoms with van der Waals surface area (Å²) in [5.74, 6) is 0. The molecule has 0 radical (unpaired) electrons. The van der Waals surface area contributed by atoms with Gasteiger partial charge in [0.05, 0.1) is 12.6 Å². The molecule has 0 saturated heterocycles. The van der Waals surface area contributed by atoms with E-state index in [4.69, 9.17) is 4.74 Å². The highest BCUT2D eigenvalue weighted by atomic mass is 32.2. The molecule has 1 aromatic heterocycles. The molecule has 0 unspecified atom stereocenters. The van der Waals surface area contributed by atoms with Crippen molar-refractivity contribution in [3.8, 4) is 11.3 Å². The predicted octanol–water partition coefficient (Wildman–Crippen LogP) is 2.59. The molecule has 1 aliphatic carbocycles. The fraction of sp³-hybridized carbons (Fsp3) is 0.471. The maximum absolute atomic E-state index is 12.7. The highest BCUT2D eigenvalue weighted by Crippen LogP contribution is 2.33. The number of sulfonamides is 1. The van der Waals surface area contributed by atoms with Crippen LogP contribution in [-0.2, 0) is 14.8 Å². The molecule has 24 heavy (non-hydrogen) atoms. The van der Waals surface area contributed by atoms with Crippen molar-refractivity contribution in [2.45, 2.75) is 36.6 Å². The highest BCUT2D eigenvalue weighted by Gasteiger charge is 2.26. The Morgan fingerprint density at radius 3 is 2.62 bits per heavy atom. The normalized spacial score (nSPS) is 15.9. The molecule has 1 aliphatic rings. The number of aromatic nitrogens is 2. The van der Waals surface area contributed by atoms with E-state index in [9.17, 15) is 8.42 Å². The Labute approximate surface area is 142 Å². The molecule has 7 heteroatoms. The Bertz CT molecular complexity index is 766. The summed E-state index contributed by atoms with van der Waals surface area (Å²) in [6.45, 7) is 0.568. The highest BCUT2D eigenvalue weighted by molar-refractivity contribution is 7.89. The molecule has 1 aromatic carbocycles. The number of rotatable bonds is 7. The van der Waals surface area contributed by atoms with E-state index in [1.807, 2.05) is 35.0 Å². The zero-order valence-electron chi connectivity index (χ0n) is 13.8. The Kier molecular flexibility index (Phi) is 5.33. The van der Waals surface area contributed by atoms with Gasteiger partial charge in [0.15, 0.2) is 0 Å². The largest absolute Gasteiger partial charge is 0.383 e. The summed E-state index contributed by atoms with van der Waals surface area (Å²) < 4.78 is 34.8. The number of ether oxygens (including phenoxy) is 1. The lowest BCUT2D eigenvalue weighted by Crippen LogP contribution is -2.27. The first-order valence-electron chi connectivity index (χ1n) is 8.25. The fourth-order valence-corrected chi connectivity index (χ4v) is 4.25. The molecular formula is C17H23N3O3S. The summed E-state index contributed by atoms with van der Waals surface area (Å²) in [5, 5.41) is 4.62. The van der Waals surface area contributed by atoms with E-state index in [2.05, 4.69) is 9.82 Å². The van der Waals surface area contributed by atoms with Crippen LogP contribution in [0, 0.1) is 0 Å². The van der Waals surface area contributed by atoms with Gasteiger partial charge in [-0.15, -0.1) is 0 Å². The number of nitrogens with zero attached hydrogens (tertiary/aromatic N) is 2. The number of hydrogen-bond acceptors (Lipinski definition) is 4. The van der Waals surface area contributed by atoms with Crippen molar-refractivity contribution >= 4 is 10.0 Å². The van der Waals surface area contributed by atoms with Crippen LogP contribution in [0.1, 0.15) is 31.7 Å². The molecule has 1 saturated carbocycles. The molecule has 0 amide bonds. The van der Waals surface area contributed by atoms with Crippen LogP contribution in [0.5, 0.6) is 0 Å². The van der Waals surface area contributed by atoms with Crippen molar-refractivity contribution < 1.29 is 13.2 Å². The Morgan fingerprint density at radius 2 is 1.96 bits per heavy atom. The van der Waals surface area contributed by atoms with Gasteiger partial charge in [-0.1, -0.05) is 43.2 Å². The Hall–Kier alpha value is -1.70. The third kappa shape index (κ3) is 3.68. The van der Waals surface area contributed by atoms with Crippen molar-refractivity contribution in [1.82, 2.24) is 14.5 Å². The van der Waals surface area contributed by atoms with Crippen LogP contribution < -0.4 is 4.72 Å². The molecule has 0 spiro atoms. The van der Waals surface area contributed by atoms with E-state index in [1.165, 1.54) is 12.8 Å². The predicted molar refractivity (Wildman–Crippen MR) is 92.2 cm³/mol. The van der Waals surface area contributed by atoms with Crippen LogP contribution in [0.15, 0.2) is 41.4 Å². The minimum Gasteiger partial charge on any atom is -0.383 e. The summed E-state index contributed by atoms with van der Waals surface area (Å²) in [4.78, 5) is 0.233. The first-order chi connectivity index (χ1) is 11.6. The van der Waals surface area contributed by atoms with E-state index in [0.29, 0.717) is 12.3 Å². The fourth-order valence-electron chi connectivity index (χ4n) is 3.08. The Morgan fingerprint density at radius 1 is 1.25 bits per heavy atom. The number of benzene rings is 1. The van der Waals surface area contributed by atoms with Crippen LogP contribution in [-0.4, -0.2) is 38.5 Å². The van der Waals surface area contributed by atoms with Crippen LogP contribution in [0.25, 0.3) is 11.3 Å². The summed E-state index contributed by atoms with van der Waals surface area (Å²) in [6, 6.07) is 9.74. The number of hydrogen-bond donors (Lipinski definition) is 1. The van der Waals surface area contributed by atoms with E-state index in [1.54, 1.807) is 13.3 Å². The zero-order chi connectivity index (χ0) is 17.0. The summed E-state index contributed by atoms with van der Waals surface area (Å²) >= 11 is 0. The zero-order valence-corrected chi connectivity index (χ0v) is 14.6. The van der Waals surface area contributed by atoms with E-state index in [-0.39, 0.29) is 17.5 Å². The lowest BCUT2D eigenvalue weighted by atomic mass is 10.2.